The monoisotopic (exact) mass is 199 g/mol. The maximum atomic E-state index is 11.4. The minimum atomic E-state index is -0.140. The van der Waals surface area contributed by atoms with Gasteiger partial charge in [0.05, 0.1) is 23.7 Å². The van der Waals surface area contributed by atoms with Gasteiger partial charge in [-0.15, -0.1) is 0 Å². The van der Waals surface area contributed by atoms with Crippen molar-refractivity contribution in [2.24, 2.45) is 10.9 Å². The molecule has 0 amide bonds. The second kappa shape index (κ2) is 5.10. The molecule has 3 nitrogen and oxygen atoms in total. The Kier molecular flexibility index (Phi) is 4.06. The van der Waals surface area contributed by atoms with E-state index in [-0.39, 0.29) is 17.9 Å². The molecule has 1 rings (SSSR count). The van der Waals surface area contributed by atoms with Gasteiger partial charge in [0.25, 0.3) is 0 Å². The molecule has 0 aromatic carbocycles. The maximum Gasteiger partial charge on any atom is 0.311 e. The molecule has 2 unspecified atom stereocenters. The van der Waals surface area contributed by atoms with Crippen LogP contribution >= 0.6 is 12.2 Å². The average Bonchev–Trinajstić information content (AvgIpc) is 2.54. The minimum absolute atomic E-state index is 0.0107. The zero-order valence-corrected chi connectivity index (χ0v) is 8.47. The topological polar surface area (TPSA) is 38.7 Å². The van der Waals surface area contributed by atoms with E-state index >= 15 is 0 Å². The van der Waals surface area contributed by atoms with Crippen LogP contribution in [0.2, 0.25) is 0 Å². The Bertz CT molecular complexity index is 236. The lowest BCUT2D eigenvalue weighted by Crippen LogP contribution is -2.23. The van der Waals surface area contributed by atoms with Gasteiger partial charge in [-0.25, -0.2) is 4.99 Å². The lowest BCUT2D eigenvalue weighted by atomic mass is 10.1. The predicted octanol–water partition coefficient (Wildman–Crippen LogP) is 1.82. The highest BCUT2D eigenvalue weighted by Crippen LogP contribution is 2.29. The number of isothiocyanates is 1. The lowest BCUT2D eigenvalue weighted by Gasteiger charge is -2.12. The van der Waals surface area contributed by atoms with Gasteiger partial charge in [0, 0.05) is 0 Å². The molecule has 13 heavy (non-hydrogen) atoms. The van der Waals surface area contributed by atoms with Crippen molar-refractivity contribution < 1.29 is 9.53 Å². The highest BCUT2D eigenvalue weighted by Gasteiger charge is 2.33. The van der Waals surface area contributed by atoms with Gasteiger partial charge in [0.1, 0.15) is 0 Å². The van der Waals surface area contributed by atoms with Crippen LogP contribution in [-0.4, -0.2) is 23.8 Å². The molecule has 0 heterocycles. The van der Waals surface area contributed by atoms with E-state index < -0.39 is 0 Å². The lowest BCUT2D eigenvalue weighted by molar-refractivity contribution is -0.148. The first-order valence-corrected chi connectivity index (χ1v) is 4.94. The van der Waals surface area contributed by atoms with Crippen molar-refractivity contribution in [3.8, 4) is 0 Å². The van der Waals surface area contributed by atoms with Crippen LogP contribution < -0.4 is 0 Å². The molecule has 1 aliphatic rings. The number of thiocarbonyl (C=S) groups is 1. The highest BCUT2D eigenvalue weighted by molar-refractivity contribution is 7.78. The van der Waals surface area contributed by atoms with Gasteiger partial charge in [-0.2, -0.15) is 0 Å². The summed E-state index contributed by atoms with van der Waals surface area (Å²) in [7, 11) is 0. The molecular weight excluding hydrogens is 186 g/mol. The number of carbonyl (C=O) groups excluding carboxylic acids is 1. The third kappa shape index (κ3) is 2.61. The Morgan fingerprint density at radius 3 is 3.08 bits per heavy atom. The SMILES string of the molecule is CCOC(=O)C1CCCC1N=C=S. The normalized spacial score (nSPS) is 26.5. The number of hydrogen-bond donors (Lipinski definition) is 0. The summed E-state index contributed by atoms with van der Waals surface area (Å²) in [5, 5.41) is 2.34. The smallest absolute Gasteiger partial charge is 0.311 e. The third-order valence-corrected chi connectivity index (χ3v) is 2.39. The minimum Gasteiger partial charge on any atom is -0.466 e. The number of esters is 1. The van der Waals surface area contributed by atoms with Gasteiger partial charge in [-0.1, -0.05) is 6.42 Å². The Morgan fingerprint density at radius 1 is 1.69 bits per heavy atom. The molecule has 72 valence electrons. The predicted molar refractivity (Wildman–Crippen MR) is 52.8 cm³/mol. The summed E-state index contributed by atoms with van der Waals surface area (Å²) in [4.78, 5) is 15.4. The molecular formula is C9H13NO2S. The van der Waals surface area contributed by atoms with Crippen molar-refractivity contribution in [1.82, 2.24) is 0 Å². The molecule has 1 aliphatic carbocycles. The van der Waals surface area contributed by atoms with Crippen LogP contribution in [0.4, 0.5) is 0 Å². The molecule has 1 saturated carbocycles. The quantitative estimate of drug-likeness (QED) is 0.395. The Labute approximate surface area is 83.2 Å². The van der Waals surface area contributed by atoms with Crippen molar-refractivity contribution in [2.75, 3.05) is 6.61 Å². The molecule has 0 aliphatic heterocycles. The molecule has 0 N–H and O–H groups in total. The summed E-state index contributed by atoms with van der Waals surface area (Å²) in [6.45, 7) is 2.24. The molecule has 2 atom stereocenters. The van der Waals surface area contributed by atoms with Gasteiger partial charge < -0.3 is 4.74 Å². The fourth-order valence-corrected chi connectivity index (χ4v) is 1.82. The second-order valence-corrected chi connectivity index (χ2v) is 3.26. The first-order valence-electron chi connectivity index (χ1n) is 4.53. The van der Waals surface area contributed by atoms with E-state index in [9.17, 15) is 4.79 Å². The summed E-state index contributed by atoms with van der Waals surface area (Å²) in [5.41, 5.74) is 0. The standard InChI is InChI=1S/C9H13NO2S/c1-2-12-9(11)7-4-3-5-8(7)10-6-13/h7-8H,2-5H2,1H3. The largest absolute Gasteiger partial charge is 0.466 e. The number of rotatable bonds is 3. The number of aliphatic imine (C=N–C) groups is 1. The Morgan fingerprint density at radius 2 is 2.46 bits per heavy atom. The molecule has 0 aromatic heterocycles. The van der Waals surface area contributed by atoms with E-state index in [1.165, 1.54) is 0 Å². The summed E-state index contributed by atoms with van der Waals surface area (Å²) in [6.07, 6.45) is 2.81. The summed E-state index contributed by atoms with van der Waals surface area (Å²) in [5.74, 6) is -0.227. The summed E-state index contributed by atoms with van der Waals surface area (Å²) in [6, 6.07) is 0.0107. The summed E-state index contributed by atoms with van der Waals surface area (Å²) < 4.78 is 4.94. The molecule has 0 aromatic rings. The Balaban J connectivity index is 2.57. The second-order valence-electron chi connectivity index (χ2n) is 3.08. The fraction of sp³-hybridized carbons (Fsp3) is 0.778. The number of nitrogens with zero attached hydrogens (tertiary/aromatic N) is 1. The van der Waals surface area contributed by atoms with Gasteiger partial charge in [-0.3, -0.25) is 4.79 Å². The Hall–Kier alpha value is -0.730. The van der Waals surface area contributed by atoms with Crippen molar-refractivity contribution in [3.05, 3.63) is 0 Å². The van der Waals surface area contributed by atoms with Crippen LogP contribution in [0.5, 0.6) is 0 Å². The number of hydrogen-bond acceptors (Lipinski definition) is 4. The fourth-order valence-electron chi connectivity index (χ4n) is 1.69. The molecule has 4 heteroatoms. The van der Waals surface area contributed by atoms with E-state index in [2.05, 4.69) is 22.4 Å². The van der Waals surface area contributed by atoms with Gasteiger partial charge in [-0.05, 0) is 32.0 Å². The van der Waals surface area contributed by atoms with Crippen LogP contribution in [0.3, 0.4) is 0 Å². The maximum absolute atomic E-state index is 11.4. The first kappa shape index (κ1) is 10.4. The third-order valence-electron chi connectivity index (χ3n) is 2.29. The number of ether oxygens (including phenoxy) is 1. The molecule has 0 spiro atoms. The average molecular weight is 199 g/mol. The van der Waals surface area contributed by atoms with E-state index in [0.717, 1.165) is 19.3 Å². The summed E-state index contributed by atoms with van der Waals surface area (Å²) >= 11 is 4.52. The number of carbonyl (C=O) groups is 1. The van der Waals surface area contributed by atoms with Gasteiger partial charge in [0.2, 0.25) is 0 Å². The van der Waals surface area contributed by atoms with Crippen molar-refractivity contribution in [3.63, 3.8) is 0 Å². The zero-order valence-electron chi connectivity index (χ0n) is 7.66. The molecule has 0 saturated heterocycles. The zero-order chi connectivity index (χ0) is 9.68. The van der Waals surface area contributed by atoms with Gasteiger partial charge in [0.15, 0.2) is 0 Å². The molecule has 0 bridgehead atoms. The molecule has 1 fully saturated rings. The van der Waals surface area contributed by atoms with Crippen molar-refractivity contribution in [1.29, 1.82) is 0 Å². The van der Waals surface area contributed by atoms with Crippen LogP contribution in [-0.2, 0) is 9.53 Å². The van der Waals surface area contributed by atoms with Gasteiger partial charge >= 0.3 is 5.97 Å². The van der Waals surface area contributed by atoms with Crippen molar-refractivity contribution >= 4 is 23.3 Å². The van der Waals surface area contributed by atoms with Crippen molar-refractivity contribution in [2.45, 2.75) is 32.2 Å². The highest BCUT2D eigenvalue weighted by atomic mass is 32.1. The first-order chi connectivity index (χ1) is 6.29. The van der Waals surface area contributed by atoms with E-state index in [1.54, 1.807) is 0 Å². The van der Waals surface area contributed by atoms with Crippen LogP contribution in [0, 0.1) is 5.92 Å². The van der Waals surface area contributed by atoms with E-state index in [4.69, 9.17) is 4.74 Å². The van der Waals surface area contributed by atoms with Crippen LogP contribution in [0.25, 0.3) is 0 Å². The van der Waals surface area contributed by atoms with E-state index in [0.29, 0.717) is 6.61 Å². The molecule has 0 radical (unpaired) electrons. The van der Waals surface area contributed by atoms with Crippen LogP contribution in [0.15, 0.2) is 4.99 Å². The van der Waals surface area contributed by atoms with E-state index in [1.807, 2.05) is 6.92 Å². The van der Waals surface area contributed by atoms with Crippen LogP contribution in [0.1, 0.15) is 26.2 Å².